The van der Waals surface area contributed by atoms with Gasteiger partial charge in [0.15, 0.2) is 0 Å². The van der Waals surface area contributed by atoms with E-state index < -0.39 is 0 Å². The van der Waals surface area contributed by atoms with Crippen LogP contribution < -0.4 is 0 Å². The Bertz CT molecular complexity index is 128. The Hall–Kier alpha value is -0.110. The molecule has 1 atom stereocenters. The minimum Gasteiger partial charge on any atom is -0.378 e. The molecular formula is C9H17NS. The normalized spacial score (nSPS) is 21.5. The van der Waals surface area contributed by atoms with Crippen molar-refractivity contribution in [3.63, 3.8) is 0 Å². The SMILES string of the molecule is CSC(C)/C=C\N1CCCC1. The number of rotatable bonds is 3. The van der Waals surface area contributed by atoms with Crippen molar-refractivity contribution in [1.82, 2.24) is 4.90 Å². The molecule has 1 nitrogen and oxygen atoms in total. The van der Waals surface area contributed by atoms with Gasteiger partial charge in [0, 0.05) is 18.3 Å². The molecule has 1 aliphatic heterocycles. The highest BCUT2D eigenvalue weighted by Gasteiger charge is 2.06. The first kappa shape index (κ1) is 8.98. The third-order valence-corrected chi connectivity index (χ3v) is 2.98. The lowest BCUT2D eigenvalue weighted by Gasteiger charge is -2.11. The van der Waals surface area contributed by atoms with Gasteiger partial charge in [0.25, 0.3) is 0 Å². The highest BCUT2D eigenvalue weighted by Crippen LogP contribution is 2.10. The van der Waals surface area contributed by atoms with Gasteiger partial charge < -0.3 is 4.90 Å². The minimum atomic E-state index is 0.663. The first-order valence-electron chi connectivity index (χ1n) is 4.28. The van der Waals surface area contributed by atoms with E-state index in [2.05, 4.69) is 30.4 Å². The molecule has 0 N–H and O–H groups in total. The van der Waals surface area contributed by atoms with Crippen molar-refractivity contribution >= 4 is 11.8 Å². The van der Waals surface area contributed by atoms with E-state index >= 15 is 0 Å². The van der Waals surface area contributed by atoms with Crippen LogP contribution in [0.3, 0.4) is 0 Å². The quantitative estimate of drug-likeness (QED) is 0.641. The Morgan fingerprint density at radius 3 is 2.55 bits per heavy atom. The van der Waals surface area contributed by atoms with Gasteiger partial charge in [-0.3, -0.25) is 0 Å². The number of hydrogen-bond donors (Lipinski definition) is 0. The van der Waals surface area contributed by atoms with Gasteiger partial charge in [0.05, 0.1) is 0 Å². The Balaban J connectivity index is 2.22. The number of hydrogen-bond acceptors (Lipinski definition) is 2. The fourth-order valence-corrected chi connectivity index (χ4v) is 1.44. The summed E-state index contributed by atoms with van der Waals surface area (Å²) in [5.41, 5.74) is 0. The summed E-state index contributed by atoms with van der Waals surface area (Å²) < 4.78 is 0. The molecule has 64 valence electrons. The molecule has 1 heterocycles. The Morgan fingerprint density at radius 2 is 2.00 bits per heavy atom. The topological polar surface area (TPSA) is 3.24 Å². The predicted octanol–water partition coefficient (Wildman–Crippen LogP) is 2.35. The lowest BCUT2D eigenvalue weighted by atomic mass is 10.4. The van der Waals surface area contributed by atoms with Crippen molar-refractivity contribution < 1.29 is 0 Å². The zero-order valence-corrected chi connectivity index (χ0v) is 8.23. The van der Waals surface area contributed by atoms with Gasteiger partial charge in [-0.05, 0) is 32.2 Å². The van der Waals surface area contributed by atoms with Gasteiger partial charge in [-0.1, -0.05) is 6.08 Å². The molecule has 0 bridgehead atoms. The van der Waals surface area contributed by atoms with E-state index in [-0.39, 0.29) is 0 Å². The van der Waals surface area contributed by atoms with Crippen LogP contribution in [-0.4, -0.2) is 29.5 Å². The molecule has 1 fully saturated rings. The van der Waals surface area contributed by atoms with Crippen LogP contribution in [0.25, 0.3) is 0 Å². The van der Waals surface area contributed by atoms with E-state index in [4.69, 9.17) is 0 Å². The van der Waals surface area contributed by atoms with E-state index in [0.717, 1.165) is 0 Å². The second-order valence-corrected chi connectivity index (χ2v) is 4.24. The molecule has 0 spiro atoms. The molecule has 2 heteroatoms. The van der Waals surface area contributed by atoms with Crippen molar-refractivity contribution in [1.29, 1.82) is 0 Å². The number of likely N-dealkylation sites (tertiary alicyclic amines) is 1. The summed E-state index contributed by atoms with van der Waals surface area (Å²) in [6.07, 6.45) is 9.44. The maximum absolute atomic E-state index is 2.41. The van der Waals surface area contributed by atoms with Crippen LogP contribution in [0, 0.1) is 0 Å². The summed E-state index contributed by atoms with van der Waals surface area (Å²) in [4.78, 5) is 2.41. The summed E-state index contributed by atoms with van der Waals surface area (Å²) in [6.45, 7) is 4.76. The van der Waals surface area contributed by atoms with E-state index in [1.165, 1.54) is 25.9 Å². The van der Waals surface area contributed by atoms with Crippen molar-refractivity contribution in [2.75, 3.05) is 19.3 Å². The zero-order chi connectivity index (χ0) is 8.10. The molecule has 0 aliphatic carbocycles. The third kappa shape index (κ3) is 3.19. The Labute approximate surface area is 73.8 Å². The monoisotopic (exact) mass is 171 g/mol. The maximum atomic E-state index is 2.41. The second-order valence-electron chi connectivity index (χ2n) is 3.03. The summed E-state index contributed by atoms with van der Waals surface area (Å²) in [5, 5.41) is 0.663. The zero-order valence-electron chi connectivity index (χ0n) is 7.42. The number of nitrogens with zero attached hydrogens (tertiary/aromatic N) is 1. The maximum Gasteiger partial charge on any atom is 0.0212 e. The molecular weight excluding hydrogens is 154 g/mol. The lowest BCUT2D eigenvalue weighted by molar-refractivity contribution is 0.467. The van der Waals surface area contributed by atoms with Crippen LogP contribution in [0.2, 0.25) is 0 Å². The van der Waals surface area contributed by atoms with Crippen LogP contribution in [0.4, 0.5) is 0 Å². The van der Waals surface area contributed by atoms with Crippen LogP contribution >= 0.6 is 11.8 Å². The van der Waals surface area contributed by atoms with Crippen molar-refractivity contribution in [3.05, 3.63) is 12.3 Å². The Morgan fingerprint density at radius 1 is 1.36 bits per heavy atom. The third-order valence-electron chi connectivity index (χ3n) is 2.08. The van der Waals surface area contributed by atoms with Crippen molar-refractivity contribution in [2.45, 2.75) is 25.0 Å². The highest BCUT2D eigenvalue weighted by atomic mass is 32.2. The van der Waals surface area contributed by atoms with Gasteiger partial charge >= 0.3 is 0 Å². The number of thioether (sulfide) groups is 1. The fourth-order valence-electron chi connectivity index (χ4n) is 1.21. The average molecular weight is 171 g/mol. The second kappa shape index (κ2) is 4.70. The molecule has 1 rings (SSSR count). The molecule has 0 aromatic carbocycles. The van der Waals surface area contributed by atoms with Crippen LogP contribution in [0.15, 0.2) is 12.3 Å². The van der Waals surface area contributed by atoms with Gasteiger partial charge in [0.2, 0.25) is 0 Å². The first-order valence-corrected chi connectivity index (χ1v) is 5.57. The van der Waals surface area contributed by atoms with E-state index in [1.807, 2.05) is 11.8 Å². The molecule has 0 aromatic rings. The Kier molecular flexibility index (Phi) is 3.84. The summed E-state index contributed by atoms with van der Waals surface area (Å²) in [6, 6.07) is 0. The average Bonchev–Trinajstić information content (AvgIpc) is 2.52. The molecule has 0 radical (unpaired) electrons. The van der Waals surface area contributed by atoms with Gasteiger partial charge in [-0.2, -0.15) is 11.8 Å². The summed E-state index contributed by atoms with van der Waals surface area (Å²) >= 11 is 1.89. The molecule has 0 amide bonds. The largest absolute Gasteiger partial charge is 0.378 e. The van der Waals surface area contributed by atoms with E-state index in [9.17, 15) is 0 Å². The van der Waals surface area contributed by atoms with Gasteiger partial charge in [0.1, 0.15) is 0 Å². The van der Waals surface area contributed by atoms with Crippen molar-refractivity contribution in [2.24, 2.45) is 0 Å². The lowest BCUT2D eigenvalue weighted by Crippen LogP contribution is -2.11. The molecule has 11 heavy (non-hydrogen) atoms. The van der Waals surface area contributed by atoms with Gasteiger partial charge in [-0.15, -0.1) is 0 Å². The smallest absolute Gasteiger partial charge is 0.0212 e. The molecule has 1 aliphatic rings. The van der Waals surface area contributed by atoms with Crippen LogP contribution in [-0.2, 0) is 0 Å². The predicted molar refractivity (Wildman–Crippen MR) is 52.9 cm³/mol. The van der Waals surface area contributed by atoms with E-state index in [0.29, 0.717) is 5.25 Å². The van der Waals surface area contributed by atoms with Crippen molar-refractivity contribution in [3.8, 4) is 0 Å². The first-order chi connectivity index (χ1) is 5.33. The minimum absolute atomic E-state index is 0.663. The van der Waals surface area contributed by atoms with E-state index in [1.54, 1.807) is 0 Å². The van der Waals surface area contributed by atoms with Crippen LogP contribution in [0.1, 0.15) is 19.8 Å². The van der Waals surface area contributed by atoms with Gasteiger partial charge in [-0.25, -0.2) is 0 Å². The fraction of sp³-hybridized carbons (Fsp3) is 0.778. The standard InChI is InChI=1S/C9H17NS/c1-9(11-2)5-8-10-6-3-4-7-10/h5,8-9H,3-4,6-7H2,1-2H3/b8-5-. The molecule has 0 aromatic heterocycles. The molecule has 0 saturated carbocycles. The van der Waals surface area contributed by atoms with Crippen LogP contribution in [0.5, 0.6) is 0 Å². The summed E-state index contributed by atoms with van der Waals surface area (Å²) in [7, 11) is 0. The highest BCUT2D eigenvalue weighted by molar-refractivity contribution is 7.99. The summed E-state index contributed by atoms with van der Waals surface area (Å²) in [5.74, 6) is 0. The molecule has 1 unspecified atom stereocenters. The molecule has 1 saturated heterocycles.